The van der Waals surface area contributed by atoms with Gasteiger partial charge in [-0.25, -0.2) is 4.98 Å². The van der Waals surface area contributed by atoms with Gasteiger partial charge in [-0.05, 0) is 43.7 Å². The fraction of sp³-hybridized carbons (Fsp3) is 0.278. The van der Waals surface area contributed by atoms with Crippen molar-refractivity contribution in [1.82, 2.24) is 10.3 Å². The molecule has 0 radical (unpaired) electrons. The molecule has 27 heavy (non-hydrogen) atoms. The Hall–Kier alpha value is -2.61. The van der Waals surface area contributed by atoms with E-state index in [9.17, 15) is 22.8 Å². The number of alkyl halides is 3. The van der Waals surface area contributed by atoms with Gasteiger partial charge in [0.15, 0.2) is 0 Å². The number of benzene rings is 1. The van der Waals surface area contributed by atoms with Crippen molar-refractivity contribution in [3.63, 3.8) is 0 Å². The molecule has 144 valence electrons. The van der Waals surface area contributed by atoms with Crippen molar-refractivity contribution < 1.29 is 22.8 Å². The zero-order valence-corrected chi connectivity index (χ0v) is 15.3. The quantitative estimate of drug-likeness (QED) is 0.780. The molecule has 1 aromatic heterocycles. The van der Waals surface area contributed by atoms with Crippen molar-refractivity contribution in [1.29, 1.82) is 0 Å². The smallest absolute Gasteiger partial charge is 0.352 e. The molecule has 2 N–H and O–H groups in total. The third kappa shape index (κ3) is 5.19. The van der Waals surface area contributed by atoms with Crippen LogP contribution in [0.4, 0.5) is 18.9 Å². The van der Waals surface area contributed by atoms with Crippen molar-refractivity contribution in [2.24, 2.45) is 0 Å². The molecule has 0 saturated carbocycles. The highest BCUT2D eigenvalue weighted by Gasteiger charge is 2.33. The van der Waals surface area contributed by atoms with Crippen molar-refractivity contribution in [3.05, 3.63) is 57.9 Å². The summed E-state index contributed by atoms with van der Waals surface area (Å²) in [7, 11) is 0. The Morgan fingerprint density at radius 1 is 1.11 bits per heavy atom. The van der Waals surface area contributed by atoms with Gasteiger partial charge in [0.25, 0.3) is 11.8 Å². The molecule has 2 rings (SSSR count). The SMILES string of the molecule is CCCNC(=O)c1ccc(NC(=O)c2ccc(C(F)(F)F)nc2C)cc1Cl. The Labute approximate surface area is 158 Å². The zero-order chi connectivity index (χ0) is 20.2. The molecule has 0 fully saturated rings. The maximum atomic E-state index is 12.7. The first kappa shape index (κ1) is 20.7. The monoisotopic (exact) mass is 399 g/mol. The molecule has 0 spiro atoms. The second-order valence-electron chi connectivity index (χ2n) is 5.73. The van der Waals surface area contributed by atoms with E-state index < -0.39 is 17.8 Å². The molecule has 1 aromatic carbocycles. The van der Waals surface area contributed by atoms with Crippen LogP contribution in [0, 0.1) is 6.92 Å². The van der Waals surface area contributed by atoms with E-state index in [2.05, 4.69) is 15.6 Å². The van der Waals surface area contributed by atoms with Crippen LogP contribution >= 0.6 is 11.6 Å². The molecule has 0 atom stereocenters. The highest BCUT2D eigenvalue weighted by molar-refractivity contribution is 6.34. The molecule has 5 nitrogen and oxygen atoms in total. The summed E-state index contributed by atoms with van der Waals surface area (Å²) < 4.78 is 38.0. The lowest BCUT2D eigenvalue weighted by Gasteiger charge is -2.11. The molecular weight excluding hydrogens is 383 g/mol. The number of aryl methyl sites for hydroxylation is 1. The molecule has 2 aromatic rings. The van der Waals surface area contributed by atoms with Gasteiger partial charge in [0.05, 0.1) is 21.8 Å². The van der Waals surface area contributed by atoms with Gasteiger partial charge in [-0.3, -0.25) is 9.59 Å². The second-order valence-corrected chi connectivity index (χ2v) is 6.14. The molecule has 0 bridgehead atoms. The summed E-state index contributed by atoms with van der Waals surface area (Å²) in [4.78, 5) is 27.7. The number of rotatable bonds is 5. The van der Waals surface area contributed by atoms with E-state index in [1.807, 2.05) is 6.92 Å². The van der Waals surface area contributed by atoms with Gasteiger partial charge in [-0.1, -0.05) is 18.5 Å². The topological polar surface area (TPSA) is 71.1 Å². The van der Waals surface area contributed by atoms with Crippen LogP contribution in [0.2, 0.25) is 5.02 Å². The first-order valence-corrected chi connectivity index (χ1v) is 8.45. The average molecular weight is 400 g/mol. The lowest BCUT2D eigenvalue weighted by Crippen LogP contribution is -2.24. The van der Waals surface area contributed by atoms with Crippen molar-refractivity contribution in [2.75, 3.05) is 11.9 Å². The molecule has 0 aliphatic heterocycles. The highest BCUT2D eigenvalue weighted by Crippen LogP contribution is 2.28. The summed E-state index contributed by atoms with van der Waals surface area (Å²) in [5.41, 5.74) is -0.554. The third-order valence-corrected chi connectivity index (χ3v) is 3.94. The van der Waals surface area contributed by atoms with Gasteiger partial charge >= 0.3 is 6.18 Å². The lowest BCUT2D eigenvalue weighted by atomic mass is 10.1. The van der Waals surface area contributed by atoms with Crippen molar-refractivity contribution >= 4 is 29.1 Å². The number of amides is 2. The van der Waals surface area contributed by atoms with E-state index in [0.717, 1.165) is 18.6 Å². The fourth-order valence-electron chi connectivity index (χ4n) is 2.27. The number of nitrogens with one attached hydrogen (secondary N) is 2. The standard InChI is InChI=1S/C18H17ClF3N3O2/c1-3-8-23-16(26)13-5-4-11(9-14(13)19)25-17(27)12-6-7-15(18(20,21)22)24-10(12)2/h4-7,9H,3,8H2,1-2H3,(H,23,26)(H,25,27). The van der Waals surface area contributed by atoms with Crippen LogP contribution < -0.4 is 10.6 Å². The summed E-state index contributed by atoms with van der Waals surface area (Å²) >= 11 is 6.09. The fourth-order valence-corrected chi connectivity index (χ4v) is 2.53. The van der Waals surface area contributed by atoms with E-state index in [1.165, 1.54) is 25.1 Å². The Balaban J connectivity index is 2.16. The maximum Gasteiger partial charge on any atom is 0.433 e. The Kier molecular flexibility index (Phi) is 6.43. The Morgan fingerprint density at radius 2 is 1.78 bits per heavy atom. The number of aromatic nitrogens is 1. The van der Waals surface area contributed by atoms with Crippen LogP contribution in [0.3, 0.4) is 0 Å². The van der Waals surface area contributed by atoms with Gasteiger partial charge < -0.3 is 10.6 Å². The van der Waals surface area contributed by atoms with Gasteiger partial charge in [0.1, 0.15) is 5.69 Å². The second kappa shape index (κ2) is 8.39. The number of hydrogen-bond acceptors (Lipinski definition) is 3. The first-order chi connectivity index (χ1) is 12.6. The molecule has 0 aliphatic rings. The van der Waals surface area contributed by atoms with E-state index in [4.69, 9.17) is 11.6 Å². The number of carbonyl (C=O) groups is 2. The van der Waals surface area contributed by atoms with Gasteiger partial charge in [-0.2, -0.15) is 13.2 Å². The van der Waals surface area contributed by atoms with E-state index in [0.29, 0.717) is 12.2 Å². The normalized spacial score (nSPS) is 11.2. The number of halogens is 4. The predicted octanol–water partition coefficient (Wildman–Crippen LogP) is 4.45. The van der Waals surface area contributed by atoms with Gasteiger partial charge in [0, 0.05) is 12.2 Å². The lowest BCUT2D eigenvalue weighted by molar-refractivity contribution is -0.141. The summed E-state index contributed by atoms with van der Waals surface area (Å²) in [6.07, 6.45) is -3.81. The van der Waals surface area contributed by atoms with E-state index >= 15 is 0 Å². The molecule has 0 saturated heterocycles. The zero-order valence-electron chi connectivity index (χ0n) is 14.6. The summed E-state index contributed by atoms with van der Waals surface area (Å²) in [5.74, 6) is -0.963. The van der Waals surface area contributed by atoms with Crippen LogP contribution in [0.15, 0.2) is 30.3 Å². The van der Waals surface area contributed by atoms with Crippen molar-refractivity contribution in [3.8, 4) is 0 Å². The summed E-state index contributed by atoms with van der Waals surface area (Å²) in [6.45, 7) is 3.74. The molecule has 2 amide bonds. The van der Waals surface area contributed by atoms with Gasteiger partial charge in [-0.15, -0.1) is 0 Å². The molecular formula is C18H17ClF3N3O2. The molecule has 1 heterocycles. The minimum atomic E-state index is -4.58. The van der Waals surface area contributed by atoms with E-state index in [-0.39, 0.29) is 27.8 Å². The Bertz CT molecular complexity index is 869. The van der Waals surface area contributed by atoms with Crippen LogP contribution in [0.25, 0.3) is 0 Å². The largest absolute Gasteiger partial charge is 0.433 e. The number of hydrogen-bond donors (Lipinski definition) is 2. The number of anilines is 1. The minimum Gasteiger partial charge on any atom is -0.352 e. The number of pyridine rings is 1. The minimum absolute atomic E-state index is 0.00360. The van der Waals surface area contributed by atoms with Crippen LogP contribution in [0.5, 0.6) is 0 Å². The maximum absolute atomic E-state index is 12.7. The highest BCUT2D eigenvalue weighted by atomic mass is 35.5. The summed E-state index contributed by atoms with van der Waals surface area (Å²) in [5, 5.41) is 5.36. The predicted molar refractivity (Wildman–Crippen MR) is 96.0 cm³/mol. The number of carbonyl (C=O) groups excluding carboxylic acids is 2. The van der Waals surface area contributed by atoms with Crippen LogP contribution in [-0.2, 0) is 6.18 Å². The van der Waals surface area contributed by atoms with Crippen molar-refractivity contribution in [2.45, 2.75) is 26.4 Å². The first-order valence-electron chi connectivity index (χ1n) is 8.07. The third-order valence-electron chi connectivity index (χ3n) is 3.63. The van der Waals surface area contributed by atoms with Gasteiger partial charge in [0.2, 0.25) is 0 Å². The molecule has 0 aliphatic carbocycles. The molecule has 9 heteroatoms. The average Bonchev–Trinajstić information content (AvgIpc) is 2.58. The van der Waals surface area contributed by atoms with Crippen LogP contribution in [-0.4, -0.2) is 23.3 Å². The molecule has 0 unspecified atom stereocenters. The summed E-state index contributed by atoms with van der Waals surface area (Å²) in [6, 6.07) is 6.15. The number of nitrogens with zero attached hydrogens (tertiary/aromatic N) is 1. The van der Waals surface area contributed by atoms with Crippen LogP contribution in [0.1, 0.15) is 45.4 Å². The van der Waals surface area contributed by atoms with E-state index in [1.54, 1.807) is 0 Å². The Morgan fingerprint density at radius 3 is 2.33 bits per heavy atom.